The van der Waals surface area contributed by atoms with Gasteiger partial charge in [-0.1, -0.05) is 83.6 Å². The first-order valence-corrected chi connectivity index (χ1v) is 23.4. The van der Waals surface area contributed by atoms with E-state index in [4.69, 9.17) is 0 Å². The molecule has 8 rings (SSSR count). The van der Waals surface area contributed by atoms with Crippen LogP contribution in [-0.2, 0) is 23.3 Å². The molecule has 0 aliphatic heterocycles. The maximum atomic E-state index is 11.1. The molecular weight excluding hydrogens is 752 g/mol. The molecule has 0 heterocycles. The summed E-state index contributed by atoms with van der Waals surface area (Å²) in [6, 6.07) is 55.0. The number of aryl methyl sites for hydroxylation is 8. The van der Waals surface area contributed by atoms with Crippen LogP contribution in [0.25, 0.3) is 21.5 Å². The summed E-state index contributed by atoms with van der Waals surface area (Å²) in [5.41, 5.74) is 7.94. The maximum absolute atomic E-state index is 11.1. The van der Waals surface area contributed by atoms with E-state index in [-0.39, 0.29) is 11.5 Å². The molecule has 2 nitrogen and oxygen atoms in total. The summed E-state index contributed by atoms with van der Waals surface area (Å²) < 4.78 is 0. The normalized spacial score (nSPS) is 10.1. The van der Waals surface area contributed by atoms with E-state index in [0.717, 1.165) is 33.4 Å². The second kappa shape index (κ2) is 20.6. The summed E-state index contributed by atoms with van der Waals surface area (Å²) in [5, 5.41) is 30.7. The Bertz CT molecular complexity index is 2120. The van der Waals surface area contributed by atoms with E-state index < -0.39 is 5.43 Å². The van der Waals surface area contributed by atoms with Gasteiger partial charge in [-0.15, -0.1) is 92.7 Å². The number of benzene rings is 6. The molecule has 0 spiro atoms. The zero-order valence-electron chi connectivity index (χ0n) is 32.8. The van der Waals surface area contributed by atoms with Crippen LogP contribution in [0.3, 0.4) is 0 Å². The van der Waals surface area contributed by atoms with Crippen LogP contribution in [0.15, 0.2) is 158 Å². The molecule has 4 heteroatoms. The first-order valence-electron chi connectivity index (χ1n) is 18.3. The number of rotatable bonds is 2. The molecule has 0 saturated carbocycles. The zero-order chi connectivity index (χ0) is 39.2. The van der Waals surface area contributed by atoms with E-state index in [2.05, 4.69) is 147 Å². The summed E-state index contributed by atoms with van der Waals surface area (Å²) in [4.78, 5) is 0. The van der Waals surface area contributed by atoms with Gasteiger partial charge in [-0.2, -0.15) is 12.1 Å². The Morgan fingerprint density at radius 3 is 1.02 bits per heavy atom. The summed E-state index contributed by atoms with van der Waals surface area (Å²) in [5.74, 6) is 0.344. The SMILES string of the molecule is Cc1cc(C)c([O-])c(C)c1.Cc1cc(C)c([O-])c(C)c1.Cc1cc2ccccc2[cH-]1.Cc1cc2ccccc2[cH-]1.[Zr+2]=[Si](c1ccccc1)c1ccccc1. The number of fused-ring (bicyclic) bond motifs is 2. The molecule has 0 aliphatic carbocycles. The molecule has 0 saturated heterocycles. The molecule has 0 N–H and O–H groups in total. The molecule has 0 radical (unpaired) electrons. The van der Waals surface area contributed by atoms with Crippen LogP contribution < -0.4 is 20.6 Å². The molecule has 0 aromatic heterocycles. The van der Waals surface area contributed by atoms with Gasteiger partial charge >= 0.3 is 99.8 Å². The van der Waals surface area contributed by atoms with Crippen LogP contribution in [0.4, 0.5) is 0 Å². The summed E-state index contributed by atoms with van der Waals surface area (Å²) in [6.45, 7) is 15.6. The van der Waals surface area contributed by atoms with Crippen LogP contribution in [0, 0.1) is 55.4 Å². The van der Waals surface area contributed by atoms with Crippen molar-refractivity contribution < 1.29 is 33.5 Å². The minimum absolute atomic E-state index is 0.172. The van der Waals surface area contributed by atoms with Crippen molar-refractivity contribution in [1.29, 1.82) is 0 Å². The van der Waals surface area contributed by atoms with Crippen LogP contribution in [0.2, 0.25) is 0 Å². The first-order chi connectivity index (χ1) is 25.8. The molecule has 0 amide bonds. The van der Waals surface area contributed by atoms with Gasteiger partial charge in [-0.05, 0) is 41.5 Å². The van der Waals surface area contributed by atoms with Crippen molar-refractivity contribution >= 4 is 37.4 Å². The third kappa shape index (κ3) is 12.7. The minimum atomic E-state index is -0.455. The third-order valence-corrected chi connectivity index (χ3v) is 14.9. The molecule has 272 valence electrons. The number of hydrogen-bond acceptors (Lipinski definition) is 2. The predicted octanol–water partition coefficient (Wildman–Crippen LogP) is 10.4. The summed E-state index contributed by atoms with van der Waals surface area (Å²) in [6.07, 6.45) is 0. The van der Waals surface area contributed by atoms with Gasteiger partial charge in [0.15, 0.2) is 0 Å². The fourth-order valence-corrected chi connectivity index (χ4v) is 10.2. The Kier molecular flexibility index (Phi) is 16.0. The van der Waals surface area contributed by atoms with Gasteiger partial charge in [0, 0.05) is 0 Å². The van der Waals surface area contributed by atoms with Gasteiger partial charge < -0.3 is 10.2 Å². The monoisotopic (exact) mass is 800 g/mol. The van der Waals surface area contributed by atoms with Gasteiger partial charge in [-0.25, -0.2) is 0 Å². The molecule has 0 bridgehead atoms. The van der Waals surface area contributed by atoms with Crippen LogP contribution in [-0.4, -0.2) is 5.43 Å². The van der Waals surface area contributed by atoms with Crippen molar-refractivity contribution in [3.8, 4) is 11.5 Å². The van der Waals surface area contributed by atoms with Gasteiger partial charge in [0.05, 0.1) is 0 Å². The fraction of sp³-hybridized carbons (Fsp3) is 0.160. The molecular formula is C50H50O2SiZr-2. The molecule has 54 heavy (non-hydrogen) atoms. The van der Waals surface area contributed by atoms with E-state index in [1.165, 1.54) is 43.0 Å². The van der Waals surface area contributed by atoms with E-state index >= 15 is 0 Å². The van der Waals surface area contributed by atoms with Crippen LogP contribution in [0.5, 0.6) is 11.5 Å². The van der Waals surface area contributed by atoms with E-state index in [1.54, 1.807) is 23.3 Å². The molecule has 8 aromatic rings. The molecule has 0 atom stereocenters. The van der Waals surface area contributed by atoms with Gasteiger partial charge in [-0.3, -0.25) is 0 Å². The van der Waals surface area contributed by atoms with E-state index in [0.29, 0.717) is 0 Å². The second-order valence-electron chi connectivity index (χ2n) is 13.9. The van der Waals surface area contributed by atoms with Gasteiger partial charge in [0.1, 0.15) is 0 Å². The summed E-state index contributed by atoms with van der Waals surface area (Å²) in [7, 11) is 0. The van der Waals surface area contributed by atoms with Crippen molar-refractivity contribution in [3.63, 3.8) is 0 Å². The van der Waals surface area contributed by atoms with Crippen molar-refractivity contribution in [2.24, 2.45) is 0 Å². The molecule has 0 aliphatic rings. The third-order valence-electron chi connectivity index (χ3n) is 8.86. The zero-order valence-corrected chi connectivity index (χ0v) is 36.3. The van der Waals surface area contributed by atoms with Crippen molar-refractivity contribution in [1.82, 2.24) is 0 Å². The van der Waals surface area contributed by atoms with Crippen molar-refractivity contribution in [3.05, 3.63) is 202 Å². The van der Waals surface area contributed by atoms with Gasteiger partial charge in [0.25, 0.3) is 0 Å². The van der Waals surface area contributed by atoms with Crippen LogP contribution >= 0.6 is 0 Å². The molecule has 0 unspecified atom stereocenters. The van der Waals surface area contributed by atoms with Gasteiger partial charge in [0.2, 0.25) is 0 Å². The Hall–Kier alpha value is -4.76. The summed E-state index contributed by atoms with van der Waals surface area (Å²) >= 11 is 1.64. The average Bonchev–Trinajstić information content (AvgIpc) is 3.74. The Labute approximate surface area is 337 Å². The van der Waals surface area contributed by atoms with Crippen molar-refractivity contribution in [2.45, 2.75) is 55.4 Å². The Morgan fingerprint density at radius 1 is 0.407 bits per heavy atom. The second-order valence-corrected chi connectivity index (χ2v) is 19.5. The Balaban J connectivity index is 0.000000152. The standard InChI is InChI=1S/C12H10Si.2C10H9.2C9H12O.Zr/c1-3-7-11(8-4-1)13-12-9-5-2-6-10-12;2*1-8-6-9-4-2-3-5-10(9)7-8;2*1-6-4-7(2)9(10)8(3)5-6;/h1-10H;2*2-7H,1H3;2*4-5,10H,1-3H3;/q;2*-1;;;+2/p-2. The molecule has 8 aromatic carbocycles. The quantitative estimate of drug-likeness (QED) is 0.129. The predicted molar refractivity (Wildman–Crippen MR) is 227 cm³/mol. The Morgan fingerprint density at radius 2 is 0.704 bits per heavy atom. The van der Waals surface area contributed by atoms with E-state index in [1.807, 2.05) is 65.8 Å². The average molecular weight is 802 g/mol. The molecule has 0 fully saturated rings. The van der Waals surface area contributed by atoms with E-state index in [9.17, 15) is 10.2 Å². The number of hydrogen-bond donors (Lipinski definition) is 0. The first kappa shape index (κ1) is 42.0. The fourth-order valence-electron chi connectivity index (χ4n) is 6.32. The topological polar surface area (TPSA) is 46.1 Å². The van der Waals surface area contributed by atoms with Crippen molar-refractivity contribution in [2.75, 3.05) is 0 Å². The van der Waals surface area contributed by atoms with Crippen LogP contribution in [0.1, 0.15) is 44.5 Å².